The molecule has 0 unspecified atom stereocenters. The van der Waals surface area contributed by atoms with E-state index in [1.807, 2.05) is 25.1 Å². The first kappa shape index (κ1) is 21.5. The van der Waals surface area contributed by atoms with Crippen LogP contribution in [0.4, 0.5) is 0 Å². The van der Waals surface area contributed by atoms with E-state index in [9.17, 15) is 4.79 Å². The summed E-state index contributed by atoms with van der Waals surface area (Å²) in [5.41, 5.74) is 5.52. The fourth-order valence-corrected chi connectivity index (χ4v) is 4.42. The predicted octanol–water partition coefficient (Wildman–Crippen LogP) is 3.33. The molecule has 1 N–H and O–H groups in total. The molecule has 1 saturated heterocycles. The quantitative estimate of drug-likeness (QED) is 0.642. The Morgan fingerprint density at radius 3 is 2.39 bits per heavy atom. The average Bonchev–Trinajstić information content (AvgIpc) is 2.78. The molecule has 1 aliphatic rings. The average molecular weight is 417 g/mol. The van der Waals surface area contributed by atoms with Crippen molar-refractivity contribution in [3.8, 4) is 0 Å². The molecular weight excluding hydrogens is 384 g/mol. The Balaban J connectivity index is 1.22. The van der Waals surface area contributed by atoms with Gasteiger partial charge < -0.3 is 5.32 Å². The van der Waals surface area contributed by atoms with Crippen LogP contribution in [0.25, 0.3) is 10.9 Å². The normalized spacial score (nSPS) is 15.3. The van der Waals surface area contributed by atoms with Crippen molar-refractivity contribution in [3.05, 3.63) is 77.0 Å². The van der Waals surface area contributed by atoms with Crippen LogP contribution < -0.4 is 5.32 Å². The van der Waals surface area contributed by atoms with E-state index in [-0.39, 0.29) is 5.91 Å². The Bertz CT molecular complexity index is 1030. The fraction of sp³-hybridized carbons (Fsp3) is 0.385. The summed E-state index contributed by atoms with van der Waals surface area (Å²) in [5.74, 6) is 0.0750. The maximum atomic E-state index is 12.6. The lowest BCUT2D eigenvalue weighted by molar-refractivity contribution is -0.120. The second kappa shape index (κ2) is 10.0. The van der Waals surface area contributed by atoms with E-state index in [1.165, 1.54) is 5.56 Å². The molecule has 2 aromatic carbocycles. The monoisotopic (exact) mass is 416 g/mol. The first-order valence-electron chi connectivity index (χ1n) is 11.2. The third kappa shape index (κ3) is 5.49. The van der Waals surface area contributed by atoms with Crippen LogP contribution in [0.2, 0.25) is 0 Å². The molecule has 0 bridgehead atoms. The van der Waals surface area contributed by atoms with Crippen molar-refractivity contribution in [2.75, 3.05) is 39.3 Å². The zero-order chi connectivity index (χ0) is 21.6. The van der Waals surface area contributed by atoms with E-state index in [1.54, 1.807) is 0 Å². The highest BCUT2D eigenvalue weighted by molar-refractivity contribution is 5.86. The predicted molar refractivity (Wildman–Crippen MR) is 126 cm³/mol. The summed E-state index contributed by atoms with van der Waals surface area (Å²) in [6.07, 6.45) is 0.389. The van der Waals surface area contributed by atoms with Gasteiger partial charge in [-0.25, -0.2) is 0 Å². The Morgan fingerprint density at radius 1 is 0.935 bits per heavy atom. The maximum Gasteiger partial charge on any atom is 0.224 e. The summed E-state index contributed by atoms with van der Waals surface area (Å²) < 4.78 is 0. The fourth-order valence-electron chi connectivity index (χ4n) is 4.42. The van der Waals surface area contributed by atoms with Crippen molar-refractivity contribution in [1.82, 2.24) is 20.1 Å². The second-order valence-electron chi connectivity index (χ2n) is 8.45. The first-order valence-corrected chi connectivity index (χ1v) is 11.2. The van der Waals surface area contributed by atoms with E-state index in [4.69, 9.17) is 0 Å². The van der Waals surface area contributed by atoms with E-state index in [0.717, 1.165) is 67.0 Å². The number of benzene rings is 2. The van der Waals surface area contributed by atoms with Crippen molar-refractivity contribution in [3.63, 3.8) is 0 Å². The smallest absolute Gasteiger partial charge is 0.224 e. The third-order valence-electron chi connectivity index (χ3n) is 6.29. The number of carbonyl (C=O) groups is 1. The van der Waals surface area contributed by atoms with Crippen LogP contribution in [0, 0.1) is 13.8 Å². The molecule has 0 atom stereocenters. The van der Waals surface area contributed by atoms with Crippen molar-refractivity contribution in [2.45, 2.75) is 26.8 Å². The highest BCUT2D eigenvalue weighted by Crippen LogP contribution is 2.22. The van der Waals surface area contributed by atoms with Crippen molar-refractivity contribution in [1.29, 1.82) is 0 Å². The molecule has 1 aromatic heterocycles. The SMILES string of the molecule is Cc1nc2ccccc2c(C)c1CC(=O)NCCN1CCN(Cc2ccccc2)CC1. The number of fused-ring (bicyclic) bond motifs is 1. The van der Waals surface area contributed by atoms with Crippen LogP contribution in [0.1, 0.15) is 22.4 Å². The molecule has 3 aromatic rings. The Kier molecular flexibility index (Phi) is 6.95. The lowest BCUT2D eigenvalue weighted by Crippen LogP contribution is -2.48. The number of hydrogen-bond acceptors (Lipinski definition) is 4. The van der Waals surface area contributed by atoms with Gasteiger partial charge in [-0.3, -0.25) is 19.6 Å². The summed E-state index contributed by atoms with van der Waals surface area (Å²) >= 11 is 0. The molecule has 0 spiro atoms. The van der Waals surface area contributed by atoms with Gasteiger partial charge in [-0.05, 0) is 36.6 Å². The van der Waals surface area contributed by atoms with Crippen molar-refractivity contribution in [2.24, 2.45) is 0 Å². The number of piperazine rings is 1. The molecule has 162 valence electrons. The van der Waals surface area contributed by atoms with Gasteiger partial charge in [-0.1, -0.05) is 48.5 Å². The maximum absolute atomic E-state index is 12.6. The van der Waals surface area contributed by atoms with E-state index < -0.39 is 0 Å². The number of nitrogens with one attached hydrogen (secondary N) is 1. The Morgan fingerprint density at radius 2 is 1.61 bits per heavy atom. The molecule has 0 radical (unpaired) electrons. The van der Waals surface area contributed by atoms with Crippen LogP contribution >= 0.6 is 0 Å². The molecule has 0 saturated carbocycles. The highest BCUT2D eigenvalue weighted by atomic mass is 16.1. The van der Waals surface area contributed by atoms with Gasteiger partial charge in [0, 0.05) is 56.9 Å². The molecule has 1 aliphatic heterocycles. The van der Waals surface area contributed by atoms with E-state index >= 15 is 0 Å². The van der Waals surface area contributed by atoms with Crippen LogP contribution in [-0.2, 0) is 17.8 Å². The largest absolute Gasteiger partial charge is 0.355 e. The molecule has 1 fully saturated rings. The molecule has 1 amide bonds. The molecule has 0 aliphatic carbocycles. The van der Waals surface area contributed by atoms with Crippen molar-refractivity contribution >= 4 is 16.8 Å². The molecule has 31 heavy (non-hydrogen) atoms. The Labute approximate surface area is 185 Å². The number of carbonyl (C=O) groups excluding carboxylic acids is 1. The molecule has 4 rings (SSSR count). The summed E-state index contributed by atoms with van der Waals surface area (Å²) in [7, 11) is 0. The number of amides is 1. The summed E-state index contributed by atoms with van der Waals surface area (Å²) in [4.78, 5) is 22.2. The minimum absolute atomic E-state index is 0.0750. The minimum Gasteiger partial charge on any atom is -0.355 e. The van der Waals surface area contributed by atoms with E-state index in [2.05, 4.69) is 63.4 Å². The van der Waals surface area contributed by atoms with Crippen LogP contribution in [0.15, 0.2) is 54.6 Å². The Hall–Kier alpha value is -2.76. The molecular formula is C26H32N4O. The molecule has 2 heterocycles. The van der Waals surface area contributed by atoms with Gasteiger partial charge in [0.1, 0.15) is 0 Å². The second-order valence-corrected chi connectivity index (χ2v) is 8.45. The lowest BCUT2D eigenvalue weighted by Gasteiger charge is -2.34. The lowest BCUT2D eigenvalue weighted by atomic mass is 9.99. The zero-order valence-electron chi connectivity index (χ0n) is 18.6. The number of nitrogens with zero attached hydrogens (tertiary/aromatic N) is 3. The minimum atomic E-state index is 0.0750. The van der Waals surface area contributed by atoms with Gasteiger partial charge in [0.2, 0.25) is 5.91 Å². The van der Waals surface area contributed by atoms with Gasteiger partial charge in [0.15, 0.2) is 0 Å². The highest BCUT2D eigenvalue weighted by Gasteiger charge is 2.17. The summed E-state index contributed by atoms with van der Waals surface area (Å²) in [6, 6.07) is 18.8. The van der Waals surface area contributed by atoms with Gasteiger partial charge >= 0.3 is 0 Å². The number of para-hydroxylation sites is 1. The molecule has 5 nitrogen and oxygen atoms in total. The van der Waals surface area contributed by atoms with Crippen LogP contribution in [0.3, 0.4) is 0 Å². The van der Waals surface area contributed by atoms with Crippen LogP contribution in [-0.4, -0.2) is 60.0 Å². The standard InChI is InChI=1S/C26H32N4O/c1-20-23-10-6-7-11-25(23)28-21(2)24(20)18-26(31)27-12-13-29-14-16-30(17-15-29)19-22-8-4-3-5-9-22/h3-11H,12-19H2,1-2H3,(H,27,31). The van der Waals surface area contributed by atoms with Crippen molar-refractivity contribution < 1.29 is 4.79 Å². The number of pyridine rings is 1. The first-order chi connectivity index (χ1) is 15.1. The zero-order valence-corrected chi connectivity index (χ0v) is 18.6. The molecule has 5 heteroatoms. The van der Waals surface area contributed by atoms with Gasteiger partial charge in [0.05, 0.1) is 11.9 Å². The third-order valence-corrected chi connectivity index (χ3v) is 6.29. The van der Waals surface area contributed by atoms with Crippen LogP contribution in [0.5, 0.6) is 0 Å². The number of rotatable bonds is 7. The summed E-state index contributed by atoms with van der Waals surface area (Å²) in [5, 5.41) is 4.24. The summed E-state index contributed by atoms with van der Waals surface area (Å²) in [6.45, 7) is 10.9. The number of aromatic nitrogens is 1. The van der Waals surface area contributed by atoms with Gasteiger partial charge in [-0.15, -0.1) is 0 Å². The number of hydrogen-bond donors (Lipinski definition) is 1. The van der Waals surface area contributed by atoms with E-state index in [0.29, 0.717) is 13.0 Å². The topological polar surface area (TPSA) is 48.5 Å². The van der Waals surface area contributed by atoms with Gasteiger partial charge in [-0.2, -0.15) is 0 Å². The van der Waals surface area contributed by atoms with Gasteiger partial charge in [0.25, 0.3) is 0 Å². The number of aryl methyl sites for hydroxylation is 2.